The third-order valence-corrected chi connectivity index (χ3v) is 17.6. The maximum atomic E-state index is 12.7. The van der Waals surface area contributed by atoms with E-state index in [-0.39, 0.29) is 0 Å². The van der Waals surface area contributed by atoms with Crippen molar-refractivity contribution in [1.82, 2.24) is 5.32 Å². The molecular weight excluding hydrogens is 983 g/mol. The fourth-order valence-corrected chi connectivity index (χ4v) is 11.9. The van der Waals surface area contributed by atoms with Crippen LogP contribution in [0.5, 0.6) is 0 Å². The molecule has 1 amide bonds. The van der Waals surface area contributed by atoms with E-state index in [1.807, 2.05) is 0 Å². The number of hydrogen-bond donors (Lipinski definition) is 5. The van der Waals surface area contributed by atoms with Crippen molar-refractivity contribution in [3.8, 4) is 0 Å². The summed E-state index contributed by atoms with van der Waals surface area (Å²) in [6.07, 6.45) is 87.6. The summed E-state index contributed by atoms with van der Waals surface area (Å²) in [4.78, 5) is 12.7. The number of carbonyl (C=O) groups excluding carboxylic acids is 1. The lowest BCUT2D eigenvalue weighted by Crippen LogP contribution is -2.53. The maximum absolute atomic E-state index is 12.7. The van der Waals surface area contributed by atoms with Crippen molar-refractivity contribution in [1.29, 1.82) is 0 Å². The van der Waals surface area contributed by atoms with E-state index in [1.165, 1.54) is 347 Å². The van der Waals surface area contributed by atoms with E-state index in [1.54, 1.807) is 0 Å². The number of carbonyl (C=O) groups is 1. The topological polar surface area (TPSA) is 110 Å². The molecule has 0 bridgehead atoms. The monoisotopic (exact) mass is 1130 g/mol. The van der Waals surface area contributed by atoms with Crippen molar-refractivity contribution in [3.63, 3.8) is 0 Å². The molecule has 0 saturated carbocycles. The molecule has 0 fully saturated rings. The molecule has 0 radical (unpaired) electrons. The molecule has 4 unspecified atom stereocenters. The number of nitrogens with one attached hydrogen (secondary N) is 1. The minimum Gasteiger partial charge on any atom is -0.394 e. The lowest BCUT2D eigenvalue weighted by Gasteiger charge is -2.27. The van der Waals surface area contributed by atoms with Crippen LogP contribution in [0.4, 0.5) is 0 Å². The zero-order valence-electron chi connectivity index (χ0n) is 54.4. The van der Waals surface area contributed by atoms with Crippen molar-refractivity contribution < 1.29 is 25.2 Å². The Morgan fingerprint density at radius 2 is 0.512 bits per heavy atom. The average Bonchev–Trinajstić information content (AvgIpc) is 3.46. The molecule has 80 heavy (non-hydrogen) atoms. The standard InChI is InChI=1S/C74H145NO5/c1-3-5-7-9-11-13-15-17-19-21-23-25-27-29-31-32-33-34-35-36-37-38-39-40-41-42-44-46-48-50-52-54-56-58-60-62-64-66-68-72(78)74(80)75-70(69-76)73(79)71(77)67-65-63-61-59-57-55-53-51-49-47-45-43-30-28-26-24-22-20-18-16-14-12-10-8-6-4-2/h36-37,59,61,70-73,76-79H,3-35,38-58,60,62-69H2,1-2H3,(H,75,80)/b37-36-,61-59+. The Labute approximate surface area is 501 Å². The van der Waals surface area contributed by atoms with Gasteiger partial charge in [0.2, 0.25) is 5.91 Å². The van der Waals surface area contributed by atoms with Crippen molar-refractivity contribution in [2.75, 3.05) is 6.61 Å². The fraction of sp³-hybridized carbons (Fsp3) is 0.932. The van der Waals surface area contributed by atoms with Crippen LogP contribution in [0.15, 0.2) is 24.3 Å². The van der Waals surface area contributed by atoms with Crippen LogP contribution < -0.4 is 5.32 Å². The Balaban J connectivity index is 3.53. The van der Waals surface area contributed by atoms with Crippen LogP contribution >= 0.6 is 0 Å². The molecule has 0 heterocycles. The lowest BCUT2D eigenvalue weighted by molar-refractivity contribution is -0.132. The number of aliphatic hydroxyl groups excluding tert-OH is 4. The Morgan fingerprint density at radius 1 is 0.300 bits per heavy atom. The minimum absolute atomic E-state index is 0.367. The van der Waals surface area contributed by atoms with E-state index >= 15 is 0 Å². The molecule has 5 N–H and O–H groups in total. The quantitative estimate of drug-likeness (QED) is 0.0308. The van der Waals surface area contributed by atoms with Gasteiger partial charge in [0, 0.05) is 0 Å². The van der Waals surface area contributed by atoms with E-state index in [4.69, 9.17) is 0 Å². The van der Waals surface area contributed by atoms with E-state index in [0.29, 0.717) is 12.8 Å². The summed E-state index contributed by atoms with van der Waals surface area (Å²) in [5.41, 5.74) is 0. The molecule has 0 aliphatic carbocycles. The van der Waals surface area contributed by atoms with Gasteiger partial charge in [0.1, 0.15) is 12.2 Å². The molecule has 0 spiro atoms. The SMILES string of the molecule is CCCCCCCCCCCCCCCCCCCC/C=C\CCCCCCCCCCCCCCCCCCC(O)C(=O)NC(CO)C(O)C(O)CCC/C=C/CCCCCCCCCCCCCCCCCCCCCCC. The number of unbranched alkanes of at least 4 members (excludes halogenated alkanes) is 56. The Morgan fingerprint density at radius 3 is 0.750 bits per heavy atom. The summed E-state index contributed by atoms with van der Waals surface area (Å²) < 4.78 is 0. The number of aliphatic hydroxyl groups is 4. The number of amides is 1. The van der Waals surface area contributed by atoms with Gasteiger partial charge in [0.25, 0.3) is 0 Å². The highest BCUT2D eigenvalue weighted by Gasteiger charge is 2.28. The van der Waals surface area contributed by atoms with Gasteiger partial charge in [-0.1, -0.05) is 372 Å². The van der Waals surface area contributed by atoms with Gasteiger partial charge < -0.3 is 25.7 Å². The highest BCUT2D eigenvalue weighted by atomic mass is 16.3. The largest absolute Gasteiger partial charge is 0.394 e. The van der Waals surface area contributed by atoms with Gasteiger partial charge in [-0.15, -0.1) is 0 Å². The Kier molecular flexibility index (Phi) is 67.5. The number of allylic oxidation sites excluding steroid dienone is 4. The van der Waals surface area contributed by atoms with Crippen LogP contribution in [0.2, 0.25) is 0 Å². The normalized spacial score (nSPS) is 13.5. The van der Waals surface area contributed by atoms with Gasteiger partial charge in [-0.3, -0.25) is 4.79 Å². The van der Waals surface area contributed by atoms with E-state index in [9.17, 15) is 25.2 Å². The summed E-state index contributed by atoms with van der Waals surface area (Å²) in [6, 6.07) is -1.00. The van der Waals surface area contributed by atoms with Gasteiger partial charge in [-0.05, 0) is 64.2 Å². The van der Waals surface area contributed by atoms with Crippen molar-refractivity contribution >= 4 is 5.91 Å². The third kappa shape index (κ3) is 61.4. The van der Waals surface area contributed by atoms with Gasteiger partial charge in [-0.2, -0.15) is 0 Å². The molecule has 476 valence electrons. The Bertz CT molecular complexity index is 1220. The minimum atomic E-state index is -1.28. The van der Waals surface area contributed by atoms with Crippen LogP contribution in [-0.2, 0) is 4.79 Å². The third-order valence-electron chi connectivity index (χ3n) is 17.6. The molecule has 6 heteroatoms. The summed E-state index contributed by atoms with van der Waals surface area (Å²) in [5, 5.41) is 44.2. The molecule has 6 nitrogen and oxygen atoms in total. The number of hydrogen-bond acceptors (Lipinski definition) is 5. The predicted molar refractivity (Wildman–Crippen MR) is 353 cm³/mol. The summed E-state index contributed by atoms with van der Waals surface area (Å²) in [5.74, 6) is -0.586. The van der Waals surface area contributed by atoms with E-state index in [0.717, 1.165) is 38.5 Å². The molecule has 0 aromatic carbocycles. The zero-order chi connectivity index (χ0) is 58.0. The van der Waals surface area contributed by atoms with Crippen molar-refractivity contribution in [2.45, 2.75) is 436 Å². The fourth-order valence-electron chi connectivity index (χ4n) is 11.9. The van der Waals surface area contributed by atoms with Crippen molar-refractivity contribution in [3.05, 3.63) is 24.3 Å². The van der Waals surface area contributed by atoms with Gasteiger partial charge in [0.05, 0.1) is 18.8 Å². The summed E-state index contributed by atoms with van der Waals surface area (Å²) >= 11 is 0. The first-order valence-electron chi connectivity index (χ1n) is 36.7. The van der Waals surface area contributed by atoms with E-state index < -0.39 is 36.9 Å². The highest BCUT2D eigenvalue weighted by Crippen LogP contribution is 2.20. The van der Waals surface area contributed by atoms with Crippen LogP contribution in [0.25, 0.3) is 0 Å². The molecular formula is C74H145NO5. The summed E-state index contributed by atoms with van der Waals surface area (Å²) in [7, 11) is 0. The van der Waals surface area contributed by atoms with Crippen molar-refractivity contribution in [2.24, 2.45) is 0 Å². The number of rotatable bonds is 69. The molecule has 0 aromatic heterocycles. The van der Waals surface area contributed by atoms with Crippen LogP contribution in [0, 0.1) is 0 Å². The van der Waals surface area contributed by atoms with Gasteiger partial charge >= 0.3 is 0 Å². The van der Waals surface area contributed by atoms with Crippen LogP contribution in [0.3, 0.4) is 0 Å². The molecule has 0 aromatic rings. The molecule has 0 saturated heterocycles. The Hall–Kier alpha value is -1.21. The second-order valence-electron chi connectivity index (χ2n) is 25.6. The molecule has 0 aliphatic heterocycles. The highest BCUT2D eigenvalue weighted by molar-refractivity contribution is 5.80. The average molecular weight is 1130 g/mol. The smallest absolute Gasteiger partial charge is 0.249 e. The molecule has 0 rings (SSSR count). The van der Waals surface area contributed by atoms with Gasteiger partial charge in [0.15, 0.2) is 0 Å². The van der Waals surface area contributed by atoms with Crippen LogP contribution in [0.1, 0.15) is 412 Å². The predicted octanol–water partition coefficient (Wildman–Crippen LogP) is 22.9. The first kappa shape index (κ1) is 78.8. The first-order valence-corrected chi connectivity index (χ1v) is 36.7. The second kappa shape index (κ2) is 68.6. The second-order valence-corrected chi connectivity index (χ2v) is 25.6. The molecule has 4 atom stereocenters. The van der Waals surface area contributed by atoms with E-state index in [2.05, 4.69) is 43.5 Å². The zero-order valence-corrected chi connectivity index (χ0v) is 54.4. The van der Waals surface area contributed by atoms with Crippen LogP contribution in [-0.4, -0.2) is 57.3 Å². The summed E-state index contributed by atoms with van der Waals surface area (Å²) in [6.45, 7) is 4.10. The first-order chi connectivity index (χ1) is 39.5. The van der Waals surface area contributed by atoms with Gasteiger partial charge in [-0.25, -0.2) is 0 Å². The maximum Gasteiger partial charge on any atom is 0.249 e. The molecule has 0 aliphatic rings. The lowest BCUT2D eigenvalue weighted by atomic mass is 10.00.